The molecule has 0 unspecified atom stereocenters. The van der Waals surface area contributed by atoms with Crippen LogP contribution in [0.15, 0.2) is 60.8 Å². The van der Waals surface area contributed by atoms with Crippen molar-refractivity contribution < 1.29 is 44.1 Å². The number of rotatable bonds is 5. The standard InChI is InChI=1S/C26H31N3O3S.Na.H/c1-26(2,3)24-16-22(29-12-6-11-27-17-29)15-23(25(24)32-4)20-8-7-19-14-21(28-33(5,30)31)10-9-18(19)13-20;;/h6-10,12-16,27-28H,11,17H2,1-5H3;;/q;+1;-1. The Kier molecular flexibility index (Phi) is 8.05. The van der Waals surface area contributed by atoms with Crippen molar-refractivity contribution in [3.63, 3.8) is 0 Å². The molecule has 2 N–H and O–H groups in total. The van der Waals surface area contributed by atoms with Gasteiger partial charge in [0.1, 0.15) is 5.75 Å². The summed E-state index contributed by atoms with van der Waals surface area (Å²) in [5.74, 6) is 0.870. The van der Waals surface area contributed by atoms with Crippen LogP contribution in [0.4, 0.5) is 11.4 Å². The summed E-state index contributed by atoms with van der Waals surface area (Å²) in [7, 11) is -1.60. The molecule has 1 aliphatic heterocycles. The van der Waals surface area contributed by atoms with Gasteiger partial charge in [-0.25, -0.2) is 8.42 Å². The monoisotopic (exact) mass is 489 g/mol. The van der Waals surface area contributed by atoms with Crippen LogP contribution in [0, 0.1) is 0 Å². The molecule has 0 spiro atoms. The number of hydrogen-bond donors (Lipinski definition) is 2. The van der Waals surface area contributed by atoms with Gasteiger partial charge in [-0.1, -0.05) is 45.0 Å². The van der Waals surface area contributed by atoms with Crippen LogP contribution in [0.1, 0.15) is 27.8 Å². The normalized spacial score (nSPS) is 14.1. The largest absolute Gasteiger partial charge is 1.00 e. The quantitative estimate of drug-likeness (QED) is 0.538. The number of methoxy groups -OCH3 is 1. The summed E-state index contributed by atoms with van der Waals surface area (Å²) in [5, 5.41) is 5.37. The van der Waals surface area contributed by atoms with Crippen molar-refractivity contribution in [3.05, 3.63) is 66.4 Å². The molecule has 0 bridgehead atoms. The van der Waals surface area contributed by atoms with Gasteiger partial charge >= 0.3 is 29.6 Å². The minimum absolute atomic E-state index is 0. The van der Waals surface area contributed by atoms with Crippen molar-refractivity contribution in [2.45, 2.75) is 26.2 Å². The second-order valence-electron chi connectivity index (χ2n) is 9.44. The molecule has 0 saturated carbocycles. The Bertz CT molecular complexity index is 1340. The zero-order chi connectivity index (χ0) is 23.8. The average molecular weight is 490 g/mol. The van der Waals surface area contributed by atoms with E-state index in [9.17, 15) is 8.42 Å². The molecular formula is C26H32N3NaO3S. The third-order valence-electron chi connectivity index (χ3n) is 5.70. The van der Waals surface area contributed by atoms with Crippen LogP contribution in [-0.2, 0) is 15.4 Å². The minimum Gasteiger partial charge on any atom is -1.00 e. The first-order valence-corrected chi connectivity index (χ1v) is 12.8. The molecule has 0 atom stereocenters. The molecule has 4 rings (SSSR count). The van der Waals surface area contributed by atoms with Crippen LogP contribution >= 0.6 is 0 Å². The third kappa shape index (κ3) is 5.96. The van der Waals surface area contributed by atoms with E-state index in [-0.39, 0.29) is 36.4 Å². The molecule has 0 saturated heterocycles. The molecule has 0 radical (unpaired) electrons. The van der Waals surface area contributed by atoms with E-state index in [0.29, 0.717) is 5.69 Å². The number of fused-ring (bicyclic) bond motifs is 1. The van der Waals surface area contributed by atoms with Crippen molar-refractivity contribution in [3.8, 4) is 16.9 Å². The first-order chi connectivity index (χ1) is 15.5. The topological polar surface area (TPSA) is 70.7 Å². The molecule has 1 heterocycles. The molecule has 0 aliphatic carbocycles. The second-order valence-corrected chi connectivity index (χ2v) is 11.2. The number of benzene rings is 3. The first kappa shape index (κ1) is 26.6. The molecule has 1 aliphatic rings. The van der Waals surface area contributed by atoms with E-state index in [0.717, 1.165) is 58.4 Å². The summed E-state index contributed by atoms with van der Waals surface area (Å²) in [6, 6.07) is 16.1. The van der Waals surface area contributed by atoms with Crippen molar-refractivity contribution >= 4 is 32.2 Å². The summed E-state index contributed by atoms with van der Waals surface area (Å²) >= 11 is 0. The zero-order valence-corrected chi connectivity index (χ0v) is 23.6. The van der Waals surface area contributed by atoms with E-state index in [1.165, 1.54) is 0 Å². The molecule has 0 fully saturated rings. The van der Waals surface area contributed by atoms with Crippen LogP contribution in [0.2, 0.25) is 0 Å². The van der Waals surface area contributed by atoms with E-state index >= 15 is 0 Å². The molecule has 8 heteroatoms. The summed E-state index contributed by atoms with van der Waals surface area (Å²) in [6.07, 6.45) is 5.38. The van der Waals surface area contributed by atoms with Crippen LogP contribution in [0.5, 0.6) is 5.75 Å². The number of hydrogen-bond acceptors (Lipinski definition) is 5. The number of anilines is 2. The van der Waals surface area contributed by atoms with Gasteiger partial charge in [-0.15, -0.1) is 0 Å². The number of sulfonamides is 1. The van der Waals surface area contributed by atoms with E-state index in [1.54, 1.807) is 13.2 Å². The van der Waals surface area contributed by atoms with Gasteiger partial charge in [-0.05, 0) is 52.1 Å². The molecular weight excluding hydrogens is 457 g/mol. The average Bonchev–Trinajstić information content (AvgIpc) is 2.76. The van der Waals surface area contributed by atoms with Gasteiger partial charge in [0.05, 0.1) is 20.0 Å². The minimum atomic E-state index is -3.32. The Morgan fingerprint density at radius 2 is 1.76 bits per heavy atom. The smallest absolute Gasteiger partial charge is 1.00 e. The molecule has 3 aromatic rings. The Labute approximate surface area is 226 Å². The van der Waals surface area contributed by atoms with E-state index < -0.39 is 10.0 Å². The number of ether oxygens (including phenoxy) is 1. The summed E-state index contributed by atoms with van der Waals surface area (Å²) in [4.78, 5) is 2.20. The second kappa shape index (κ2) is 10.3. The van der Waals surface area contributed by atoms with Crippen LogP contribution < -0.4 is 49.2 Å². The Hall–Kier alpha value is -2.03. The van der Waals surface area contributed by atoms with Gasteiger partial charge in [-0.3, -0.25) is 10.0 Å². The summed E-state index contributed by atoms with van der Waals surface area (Å²) < 4.78 is 31.7. The van der Waals surface area contributed by atoms with Crippen LogP contribution in [0.25, 0.3) is 21.9 Å². The maximum absolute atomic E-state index is 11.6. The number of nitrogens with one attached hydrogen (secondary N) is 2. The maximum atomic E-state index is 11.6. The SMILES string of the molecule is COc1c(-c2ccc3cc(NS(C)(=O)=O)ccc3c2)cc(N2C=CCNC2)cc1C(C)(C)C.[H-].[Na+]. The molecule has 34 heavy (non-hydrogen) atoms. The molecule has 176 valence electrons. The maximum Gasteiger partial charge on any atom is 1.00 e. The van der Waals surface area contributed by atoms with E-state index in [1.807, 2.05) is 18.2 Å². The molecule has 0 amide bonds. The van der Waals surface area contributed by atoms with Gasteiger partial charge in [0.15, 0.2) is 0 Å². The fourth-order valence-corrected chi connectivity index (χ4v) is 4.70. The Balaban J connectivity index is 0.00000216. The Morgan fingerprint density at radius 1 is 1.06 bits per heavy atom. The van der Waals surface area contributed by atoms with Crippen molar-refractivity contribution in [2.75, 3.05) is 36.2 Å². The third-order valence-corrected chi connectivity index (χ3v) is 6.31. The van der Waals surface area contributed by atoms with Crippen molar-refractivity contribution in [2.24, 2.45) is 0 Å². The molecule has 0 aromatic heterocycles. The number of nitrogens with zero attached hydrogens (tertiary/aromatic N) is 1. The van der Waals surface area contributed by atoms with E-state index in [4.69, 9.17) is 4.74 Å². The molecule has 3 aromatic carbocycles. The van der Waals surface area contributed by atoms with Gasteiger partial charge in [0.2, 0.25) is 10.0 Å². The van der Waals surface area contributed by atoms with Gasteiger partial charge in [0, 0.05) is 35.2 Å². The van der Waals surface area contributed by atoms with Gasteiger partial charge in [0.25, 0.3) is 0 Å². The summed E-state index contributed by atoms with van der Waals surface area (Å²) in [6.45, 7) is 8.20. The fourth-order valence-electron chi connectivity index (χ4n) is 4.14. The fraction of sp³-hybridized carbons (Fsp3) is 0.308. The van der Waals surface area contributed by atoms with Gasteiger partial charge < -0.3 is 11.1 Å². The predicted molar refractivity (Wildman–Crippen MR) is 139 cm³/mol. The van der Waals surface area contributed by atoms with Crippen LogP contribution in [-0.4, -0.2) is 35.0 Å². The Morgan fingerprint density at radius 3 is 2.38 bits per heavy atom. The van der Waals surface area contributed by atoms with Gasteiger partial charge in [-0.2, -0.15) is 0 Å². The van der Waals surface area contributed by atoms with Crippen LogP contribution in [0.3, 0.4) is 0 Å². The predicted octanol–water partition coefficient (Wildman–Crippen LogP) is 2.18. The molecule has 6 nitrogen and oxygen atoms in total. The zero-order valence-electron chi connectivity index (χ0n) is 21.8. The van der Waals surface area contributed by atoms with Crippen molar-refractivity contribution in [1.29, 1.82) is 0 Å². The van der Waals surface area contributed by atoms with E-state index in [2.05, 4.69) is 72.3 Å². The summed E-state index contributed by atoms with van der Waals surface area (Å²) in [5.41, 5.74) is 4.77. The van der Waals surface area contributed by atoms with Crippen molar-refractivity contribution in [1.82, 2.24) is 5.32 Å². The first-order valence-electron chi connectivity index (χ1n) is 10.9.